The number of rotatable bonds is 7. The van der Waals surface area contributed by atoms with Gasteiger partial charge in [-0.3, -0.25) is 19.3 Å². The lowest BCUT2D eigenvalue weighted by Crippen LogP contribution is -2.57. The summed E-state index contributed by atoms with van der Waals surface area (Å²) in [6.07, 6.45) is 10.5. The minimum atomic E-state index is -3.83. The first-order chi connectivity index (χ1) is 24.0. The third-order valence-electron chi connectivity index (χ3n) is 10.2. The summed E-state index contributed by atoms with van der Waals surface area (Å²) in [6, 6.07) is 8.24. The molecule has 0 radical (unpaired) electrons. The quantitative estimate of drug-likeness (QED) is 0.350. The Bertz CT molecular complexity index is 1970. The van der Waals surface area contributed by atoms with Gasteiger partial charge in [0.15, 0.2) is 0 Å². The van der Waals surface area contributed by atoms with Crippen LogP contribution in [0.2, 0.25) is 0 Å². The van der Waals surface area contributed by atoms with Crippen LogP contribution in [-0.2, 0) is 19.6 Å². The maximum Gasteiger partial charge on any atom is 0.320 e. The highest BCUT2D eigenvalue weighted by Gasteiger charge is 2.62. The first-order valence-electron chi connectivity index (χ1n) is 17.1. The summed E-state index contributed by atoms with van der Waals surface area (Å²) >= 11 is 0. The second kappa shape index (κ2) is 13.2. The normalized spacial score (nSPS) is 26.3. The molecule has 13 nitrogen and oxygen atoms in total. The maximum absolute atomic E-state index is 14.1. The van der Waals surface area contributed by atoms with E-state index in [-0.39, 0.29) is 31.3 Å². The molecule has 2 saturated carbocycles. The Kier molecular flexibility index (Phi) is 8.91. The van der Waals surface area contributed by atoms with Gasteiger partial charge in [0.1, 0.15) is 23.4 Å². The van der Waals surface area contributed by atoms with Crippen molar-refractivity contribution in [3.05, 3.63) is 60.6 Å². The lowest BCUT2D eigenvalue weighted by molar-refractivity contribution is -0.131. The zero-order valence-electron chi connectivity index (χ0n) is 28.4. The third-order valence-corrected chi connectivity index (χ3v) is 12.0. The molecular weight excluding hydrogens is 660 g/mol. The summed E-state index contributed by atoms with van der Waals surface area (Å²) in [5.74, 6) is -0.626. The van der Waals surface area contributed by atoms with Gasteiger partial charge in [0.25, 0.3) is 5.91 Å². The van der Waals surface area contributed by atoms with E-state index in [1.165, 1.54) is 4.90 Å². The van der Waals surface area contributed by atoms with Gasteiger partial charge >= 0.3 is 6.03 Å². The van der Waals surface area contributed by atoms with E-state index < -0.39 is 44.8 Å². The molecule has 4 amide bonds. The number of carbonyl (C=O) groups is 3. The first-order valence-corrected chi connectivity index (χ1v) is 18.7. The van der Waals surface area contributed by atoms with Crippen LogP contribution in [0.25, 0.3) is 21.9 Å². The van der Waals surface area contributed by atoms with Crippen molar-refractivity contribution in [2.75, 3.05) is 27.2 Å². The molecule has 4 atom stereocenters. The van der Waals surface area contributed by atoms with Gasteiger partial charge in [-0.25, -0.2) is 18.2 Å². The molecule has 4 aliphatic rings. The van der Waals surface area contributed by atoms with Crippen LogP contribution in [0.1, 0.15) is 50.6 Å². The van der Waals surface area contributed by atoms with Gasteiger partial charge in [-0.2, -0.15) is 0 Å². The number of methoxy groups -OCH3 is 1. The van der Waals surface area contributed by atoms with Crippen molar-refractivity contribution < 1.29 is 32.3 Å². The van der Waals surface area contributed by atoms with E-state index in [1.54, 1.807) is 31.5 Å². The Hall–Kier alpha value is -4.72. The van der Waals surface area contributed by atoms with Crippen molar-refractivity contribution in [3.8, 4) is 22.8 Å². The molecule has 264 valence electrons. The van der Waals surface area contributed by atoms with Gasteiger partial charge in [0, 0.05) is 65.9 Å². The fourth-order valence-corrected chi connectivity index (χ4v) is 8.40. The van der Waals surface area contributed by atoms with E-state index in [4.69, 9.17) is 9.47 Å². The van der Waals surface area contributed by atoms with E-state index in [2.05, 4.69) is 20.0 Å². The van der Waals surface area contributed by atoms with Crippen molar-refractivity contribution >= 4 is 38.6 Å². The highest BCUT2D eigenvalue weighted by molar-refractivity contribution is 7.91. The molecule has 2 aliphatic heterocycles. The number of nitrogens with zero attached hydrogens (tertiary/aromatic N) is 4. The van der Waals surface area contributed by atoms with Gasteiger partial charge in [-0.05, 0) is 69.7 Å². The standard InChI is InChI=1S/C36H42N6O7S/c1-22-9-10-23(20-38-22)31-27-15-16-37-33(28(27)13-14-30(31)48-3)49-25-18-29-32(43)39-36(34(44)40-50(46,47)26-11-12-26)19-24(36)8-6-4-5-7-17-41(2)35(45)42(29)21-25/h6,8-10,13-16,20,24-26,29H,4-5,7,11-12,17-19,21H2,1-3H3,(H,39,43)(H,40,44)/b8-6-/t24-,25+,29-,36+/m0/s1. The molecule has 2 N–H and O–H groups in total. The zero-order chi connectivity index (χ0) is 35.2. The molecule has 0 spiro atoms. The van der Waals surface area contributed by atoms with Crippen molar-refractivity contribution in [2.24, 2.45) is 5.92 Å². The minimum Gasteiger partial charge on any atom is -0.496 e. The van der Waals surface area contributed by atoms with Crippen molar-refractivity contribution in [1.82, 2.24) is 29.8 Å². The van der Waals surface area contributed by atoms with E-state index in [1.807, 2.05) is 49.4 Å². The highest BCUT2D eigenvalue weighted by atomic mass is 32.2. The largest absolute Gasteiger partial charge is 0.496 e. The van der Waals surface area contributed by atoms with Crippen molar-refractivity contribution in [3.63, 3.8) is 0 Å². The number of aromatic nitrogens is 2. The Morgan fingerprint density at radius 2 is 1.90 bits per heavy atom. The van der Waals surface area contributed by atoms with Gasteiger partial charge < -0.3 is 24.6 Å². The fourth-order valence-electron chi connectivity index (χ4n) is 7.04. The molecule has 1 saturated heterocycles. The number of sulfonamides is 1. The monoisotopic (exact) mass is 702 g/mol. The van der Waals surface area contributed by atoms with Crippen LogP contribution in [0.5, 0.6) is 11.6 Å². The fraction of sp³-hybridized carbons (Fsp3) is 0.472. The number of fused-ring (bicyclic) bond motifs is 3. The molecule has 0 unspecified atom stereocenters. The summed E-state index contributed by atoms with van der Waals surface area (Å²) in [5, 5.41) is 3.87. The number of urea groups is 1. The Balaban J connectivity index is 1.18. The molecule has 7 rings (SSSR count). The first kappa shape index (κ1) is 33.8. The van der Waals surface area contributed by atoms with Gasteiger partial charge in [-0.15, -0.1) is 0 Å². The van der Waals surface area contributed by atoms with Crippen LogP contribution in [0, 0.1) is 12.8 Å². The van der Waals surface area contributed by atoms with Crippen LogP contribution in [0.15, 0.2) is 54.9 Å². The second-order valence-corrected chi connectivity index (χ2v) is 15.7. The number of amides is 4. The Labute approximate surface area is 291 Å². The molecule has 0 bridgehead atoms. The van der Waals surface area contributed by atoms with Crippen LogP contribution in [0.4, 0.5) is 4.79 Å². The average molecular weight is 703 g/mol. The third kappa shape index (κ3) is 6.48. The summed E-state index contributed by atoms with van der Waals surface area (Å²) in [4.78, 5) is 53.6. The SMILES string of the molecule is COc1ccc2c(O[C@@H]3C[C@H]4C(=O)N[C@]5(C(=O)NS(=O)(=O)C6CC6)C[C@@H]5/C=C\CCCCN(C)C(=O)N4C3)nccc2c1-c1ccc(C)nc1. The zero-order valence-corrected chi connectivity index (χ0v) is 29.2. The summed E-state index contributed by atoms with van der Waals surface area (Å²) in [7, 11) is -0.508. The number of hydrogen-bond donors (Lipinski definition) is 2. The van der Waals surface area contributed by atoms with Crippen LogP contribution >= 0.6 is 0 Å². The average Bonchev–Trinajstić information content (AvgIpc) is 4.03. The van der Waals surface area contributed by atoms with E-state index >= 15 is 0 Å². The van der Waals surface area contributed by atoms with Crippen LogP contribution < -0.4 is 19.5 Å². The second-order valence-electron chi connectivity index (χ2n) is 13.8. The van der Waals surface area contributed by atoms with Crippen LogP contribution in [-0.4, -0.2) is 96.2 Å². The molecule has 3 aromatic rings. The number of nitrogens with one attached hydrogen (secondary N) is 2. The number of ether oxygens (including phenoxy) is 2. The lowest BCUT2D eigenvalue weighted by Gasteiger charge is -2.30. The summed E-state index contributed by atoms with van der Waals surface area (Å²) in [5.41, 5.74) is 1.17. The number of allylic oxidation sites excluding steroid dienone is 1. The maximum atomic E-state index is 14.1. The predicted octanol–water partition coefficient (Wildman–Crippen LogP) is 3.71. The van der Waals surface area contributed by atoms with E-state index in [0.717, 1.165) is 46.9 Å². The topological polar surface area (TPSA) is 160 Å². The van der Waals surface area contributed by atoms with Gasteiger partial charge in [0.05, 0.1) is 18.9 Å². The van der Waals surface area contributed by atoms with Gasteiger partial charge in [0.2, 0.25) is 21.8 Å². The molecule has 4 heterocycles. The molecule has 14 heteroatoms. The number of aryl methyl sites for hydroxylation is 1. The lowest BCUT2D eigenvalue weighted by atomic mass is 9.99. The van der Waals surface area contributed by atoms with Crippen LogP contribution in [0.3, 0.4) is 0 Å². The molecule has 1 aromatic carbocycles. The minimum absolute atomic E-state index is 0.114. The number of carbonyl (C=O) groups excluding carboxylic acids is 3. The molecule has 2 aliphatic carbocycles. The van der Waals surface area contributed by atoms with E-state index in [0.29, 0.717) is 31.0 Å². The molecule has 2 aromatic heterocycles. The Morgan fingerprint density at radius 1 is 1.08 bits per heavy atom. The smallest absolute Gasteiger partial charge is 0.320 e. The van der Waals surface area contributed by atoms with Gasteiger partial charge in [-0.1, -0.05) is 18.2 Å². The predicted molar refractivity (Wildman–Crippen MR) is 186 cm³/mol. The highest BCUT2D eigenvalue weighted by Crippen LogP contribution is 2.46. The number of benzene rings is 1. The molecular formula is C36H42N6O7S. The summed E-state index contributed by atoms with van der Waals surface area (Å²) in [6.45, 7) is 2.55. The van der Waals surface area contributed by atoms with Crippen molar-refractivity contribution in [2.45, 2.75) is 74.8 Å². The Morgan fingerprint density at radius 3 is 2.64 bits per heavy atom. The van der Waals surface area contributed by atoms with Crippen molar-refractivity contribution in [1.29, 1.82) is 0 Å². The van der Waals surface area contributed by atoms with E-state index in [9.17, 15) is 22.8 Å². The number of pyridine rings is 2. The number of hydrogen-bond acceptors (Lipinski definition) is 9. The summed E-state index contributed by atoms with van der Waals surface area (Å²) < 4.78 is 39.9. The molecule has 3 fully saturated rings. The molecule has 50 heavy (non-hydrogen) atoms.